The van der Waals surface area contributed by atoms with Crippen LogP contribution in [0.25, 0.3) is 0 Å². The number of carbonyl (C=O) groups excluding carboxylic acids is 1. The molecule has 0 unspecified atom stereocenters. The maximum atomic E-state index is 11.3. The Hall–Kier alpha value is -0.513. The first kappa shape index (κ1) is 10.6. The molecular formula is C9H19NO2Si. The molecule has 0 aromatic carbocycles. The van der Waals surface area contributed by atoms with Crippen LogP contribution in [0.3, 0.4) is 0 Å². The van der Waals surface area contributed by atoms with Crippen molar-refractivity contribution in [2.45, 2.75) is 38.9 Å². The van der Waals surface area contributed by atoms with Crippen LogP contribution >= 0.6 is 0 Å². The van der Waals surface area contributed by atoms with Gasteiger partial charge in [-0.15, -0.1) is 0 Å². The minimum atomic E-state index is -1.50. The number of amides is 1. The normalized spacial score (nSPS) is 17.8. The highest BCUT2D eigenvalue weighted by Gasteiger charge is 2.36. The molecule has 0 aliphatic carbocycles. The topological polar surface area (TPSA) is 29.5 Å². The molecule has 0 saturated carbocycles. The summed E-state index contributed by atoms with van der Waals surface area (Å²) in [5.41, 5.74) is 0. The highest BCUT2D eigenvalue weighted by molar-refractivity contribution is 6.76. The second-order valence-corrected chi connectivity index (χ2v) is 8.85. The van der Waals surface area contributed by atoms with E-state index < -0.39 is 8.24 Å². The summed E-state index contributed by atoms with van der Waals surface area (Å²) >= 11 is 0. The fraction of sp³-hybridized carbons (Fsp3) is 0.889. The maximum Gasteiger partial charge on any atom is 0.401 e. The van der Waals surface area contributed by atoms with Crippen LogP contribution in [-0.2, 0) is 4.74 Å². The third-order valence-electron chi connectivity index (χ3n) is 2.63. The summed E-state index contributed by atoms with van der Waals surface area (Å²) < 4.78 is 6.93. The van der Waals surface area contributed by atoms with Gasteiger partial charge in [0.25, 0.3) is 0 Å². The summed E-state index contributed by atoms with van der Waals surface area (Å²) in [5.74, 6) is 0. The monoisotopic (exact) mass is 201 g/mol. The van der Waals surface area contributed by atoms with Gasteiger partial charge in [0.05, 0.1) is 0 Å². The number of unbranched alkanes of at least 4 members (excludes halogenated alkanes) is 1. The van der Waals surface area contributed by atoms with E-state index in [1.165, 1.54) is 18.9 Å². The van der Waals surface area contributed by atoms with E-state index in [2.05, 4.69) is 20.0 Å². The zero-order chi connectivity index (χ0) is 9.90. The van der Waals surface area contributed by atoms with Gasteiger partial charge in [-0.1, -0.05) is 32.9 Å². The SMILES string of the molecule is CCCC[Si](C)(C)N1CCOC1=O. The first-order valence-electron chi connectivity index (χ1n) is 5.02. The van der Waals surface area contributed by atoms with E-state index in [0.717, 1.165) is 6.54 Å². The fourth-order valence-electron chi connectivity index (χ4n) is 1.69. The number of hydrogen-bond donors (Lipinski definition) is 0. The molecule has 0 aromatic rings. The Kier molecular flexibility index (Phi) is 3.36. The van der Waals surface area contributed by atoms with E-state index in [1.807, 2.05) is 4.57 Å². The second-order valence-electron chi connectivity index (χ2n) is 4.18. The van der Waals surface area contributed by atoms with Crippen molar-refractivity contribution in [3.63, 3.8) is 0 Å². The van der Waals surface area contributed by atoms with Gasteiger partial charge in [-0.3, -0.25) is 0 Å². The van der Waals surface area contributed by atoms with E-state index in [1.54, 1.807) is 0 Å². The van der Waals surface area contributed by atoms with Gasteiger partial charge in [0, 0.05) is 6.54 Å². The van der Waals surface area contributed by atoms with Crippen molar-refractivity contribution in [1.82, 2.24) is 4.57 Å². The lowest BCUT2D eigenvalue weighted by Gasteiger charge is -2.31. The Morgan fingerprint density at radius 3 is 2.69 bits per heavy atom. The molecule has 4 heteroatoms. The zero-order valence-corrected chi connectivity index (χ0v) is 9.80. The average molecular weight is 201 g/mol. The predicted molar refractivity (Wildman–Crippen MR) is 55.3 cm³/mol. The summed E-state index contributed by atoms with van der Waals surface area (Å²) in [5, 5.41) is 0. The first-order chi connectivity index (χ1) is 6.08. The number of nitrogens with zero attached hydrogens (tertiary/aromatic N) is 1. The molecule has 1 aliphatic rings. The lowest BCUT2D eigenvalue weighted by molar-refractivity contribution is 0.169. The molecule has 0 N–H and O–H groups in total. The van der Waals surface area contributed by atoms with Gasteiger partial charge in [-0.25, -0.2) is 4.79 Å². The molecule has 0 radical (unpaired) electrons. The summed E-state index contributed by atoms with van der Waals surface area (Å²) in [4.78, 5) is 11.3. The third kappa shape index (κ3) is 2.46. The van der Waals surface area contributed by atoms with Crippen molar-refractivity contribution < 1.29 is 9.53 Å². The zero-order valence-electron chi connectivity index (χ0n) is 8.80. The molecule has 1 fully saturated rings. The van der Waals surface area contributed by atoms with Crippen molar-refractivity contribution in [3.8, 4) is 0 Å². The van der Waals surface area contributed by atoms with Gasteiger partial charge in [-0.05, 0) is 6.04 Å². The van der Waals surface area contributed by atoms with E-state index in [-0.39, 0.29) is 6.09 Å². The molecule has 0 atom stereocenters. The van der Waals surface area contributed by atoms with Crippen molar-refractivity contribution in [3.05, 3.63) is 0 Å². The Bertz CT molecular complexity index is 194. The molecule has 0 spiro atoms. The quantitative estimate of drug-likeness (QED) is 0.654. The molecule has 1 saturated heterocycles. The summed E-state index contributed by atoms with van der Waals surface area (Å²) in [6.07, 6.45) is 2.34. The third-order valence-corrected chi connectivity index (χ3v) is 6.08. The molecule has 1 aliphatic heterocycles. The number of ether oxygens (including phenoxy) is 1. The highest BCUT2D eigenvalue weighted by Crippen LogP contribution is 2.21. The molecule has 1 heterocycles. The molecular weight excluding hydrogens is 182 g/mol. The Morgan fingerprint density at radius 2 is 2.23 bits per heavy atom. The van der Waals surface area contributed by atoms with Gasteiger partial charge in [0.2, 0.25) is 0 Å². The standard InChI is InChI=1S/C9H19NO2Si/c1-4-5-8-13(2,3)10-6-7-12-9(10)11/h4-8H2,1-3H3. The van der Waals surface area contributed by atoms with Gasteiger partial charge < -0.3 is 9.30 Å². The van der Waals surface area contributed by atoms with E-state index >= 15 is 0 Å². The summed E-state index contributed by atoms with van der Waals surface area (Å²) in [6, 6.07) is 1.19. The smallest absolute Gasteiger partial charge is 0.401 e. The van der Waals surface area contributed by atoms with Crippen molar-refractivity contribution >= 4 is 14.3 Å². The van der Waals surface area contributed by atoms with Gasteiger partial charge in [-0.2, -0.15) is 0 Å². The van der Waals surface area contributed by atoms with Crippen LogP contribution < -0.4 is 0 Å². The Labute approximate surface area is 81.1 Å². The van der Waals surface area contributed by atoms with Crippen LogP contribution in [0.1, 0.15) is 19.8 Å². The van der Waals surface area contributed by atoms with Crippen LogP contribution in [0.2, 0.25) is 19.1 Å². The molecule has 0 aromatic heterocycles. The number of hydrogen-bond acceptors (Lipinski definition) is 2. The lowest BCUT2D eigenvalue weighted by Crippen LogP contribution is -2.48. The Morgan fingerprint density at radius 1 is 1.54 bits per heavy atom. The molecule has 0 bridgehead atoms. The van der Waals surface area contributed by atoms with Crippen LogP contribution in [-0.4, -0.2) is 32.0 Å². The lowest BCUT2D eigenvalue weighted by atomic mass is 10.4. The van der Waals surface area contributed by atoms with Gasteiger partial charge in [0.15, 0.2) is 8.24 Å². The van der Waals surface area contributed by atoms with Crippen molar-refractivity contribution in [1.29, 1.82) is 0 Å². The molecule has 1 rings (SSSR count). The number of rotatable bonds is 4. The summed E-state index contributed by atoms with van der Waals surface area (Å²) in [6.45, 7) is 8.07. The minimum absolute atomic E-state index is 0.0900. The van der Waals surface area contributed by atoms with E-state index in [0.29, 0.717) is 6.61 Å². The number of cyclic esters (lactones) is 1. The van der Waals surface area contributed by atoms with Crippen molar-refractivity contribution in [2.24, 2.45) is 0 Å². The van der Waals surface area contributed by atoms with E-state index in [4.69, 9.17) is 4.74 Å². The van der Waals surface area contributed by atoms with Crippen LogP contribution in [0, 0.1) is 0 Å². The van der Waals surface area contributed by atoms with Crippen LogP contribution in [0.4, 0.5) is 4.79 Å². The predicted octanol–water partition coefficient (Wildman–Crippen LogP) is 2.44. The molecule has 13 heavy (non-hydrogen) atoms. The summed E-state index contributed by atoms with van der Waals surface area (Å²) in [7, 11) is -1.50. The molecule has 76 valence electrons. The van der Waals surface area contributed by atoms with Crippen LogP contribution in [0.15, 0.2) is 0 Å². The highest BCUT2D eigenvalue weighted by atomic mass is 28.3. The molecule has 1 amide bonds. The van der Waals surface area contributed by atoms with Crippen LogP contribution in [0.5, 0.6) is 0 Å². The largest absolute Gasteiger partial charge is 0.448 e. The first-order valence-corrected chi connectivity index (χ1v) is 8.18. The fourth-order valence-corrected chi connectivity index (χ4v) is 4.43. The second kappa shape index (κ2) is 4.13. The minimum Gasteiger partial charge on any atom is -0.448 e. The Balaban J connectivity index is 2.51. The van der Waals surface area contributed by atoms with Gasteiger partial charge >= 0.3 is 6.09 Å². The van der Waals surface area contributed by atoms with E-state index in [9.17, 15) is 4.79 Å². The number of carbonyl (C=O) groups is 1. The average Bonchev–Trinajstić information content (AvgIpc) is 2.48. The van der Waals surface area contributed by atoms with Crippen molar-refractivity contribution in [2.75, 3.05) is 13.2 Å². The maximum absolute atomic E-state index is 11.3. The van der Waals surface area contributed by atoms with Gasteiger partial charge in [0.1, 0.15) is 6.61 Å². The molecule has 3 nitrogen and oxygen atoms in total.